The van der Waals surface area contributed by atoms with Crippen molar-refractivity contribution < 1.29 is 28.8 Å². The number of nitro groups is 1. The number of aryl methyl sites for hydroxylation is 1. The molecule has 1 fully saturated rings. The normalized spacial score (nSPS) is 15.1. The third-order valence-electron chi connectivity index (χ3n) is 5.98. The lowest BCUT2D eigenvalue weighted by atomic mass is 9.96. The van der Waals surface area contributed by atoms with E-state index in [0.29, 0.717) is 48.4 Å². The molecule has 176 valence electrons. The summed E-state index contributed by atoms with van der Waals surface area (Å²) in [5, 5.41) is 11.3. The van der Waals surface area contributed by atoms with Gasteiger partial charge in [-0.3, -0.25) is 19.7 Å². The smallest absolute Gasteiger partial charge is 0.339 e. The van der Waals surface area contributed by atoms with Crippen molar-refractivity contribution in [1.82, 2.24) is 4.98 Å². The van der Waals surface area contributed by atoms with Crippen LogP contribution in [-0.4, -0.2) is 53.9 Å². The molecule has 1 aromatic carbocycles. The molecule has 0 amide bonds. The third-order valence-corrected chi connectivity index (χ3v) is 5.98. The number of benzene rings is 1. The second-order valence-corrected chi connectivity index (χ2v) is 8.07. The summed E-state index contributed by atoms with van der Waals surface area (Å²) in [7, 11) is 1.27. The van der Waals surface area contributed by atoms with E-state index in [9.17, 15) is 24.5 Å². The summed E-state index contributed by atoms with van der Waals surface area (Å²) < 4.78 is 10.2. The second-order valence-electron chi connectivity index (χ2n) is 8.07. The number of anilines is 1. The Morgan fingerprint density at radius 2 is 1.82 bits per heavy atom. The van der Waals surface area contributed by atoms with Gasteiger partial charge in [-0.2, -0.15) is 0 Å². The monoisotopic (exact) mass is 457 g/mol. The molecule has 1 N–H and O–H groups in total. The topological polar surface area (TPSA) is 132 Å². The van der Waals surface area contributed by atoms with Crippen LogP contribution in [0.25, 0.3) is 0 Å². The number of ether oxygens (including phenoxy) is 2. The lowest BCUT2D eigenvalue weighted by Gasteiger charge is -2.32. The number of rotatable bonds is 7. The molecular weight excluding hydrogens is 430 g/mol. The van der Waals surface area contributed by atoms with E-state index in [4.69, 9.17) is 9.47 Å². The van der Waals surface area contributed by atoms with E-state index in [1.54, 1.807) is 32.0 Å². The molecule has 10 heteroatoms. The number of hydrogen-bond donors (Lipinski definition) is 1. The lowest BCUT2D eigenvalue weighted by Crippen LogP contribution is -2.38. The third kappa shape index (κ3) is 4.89. The molecule has 3 rings (SSSR count). The van der Waals surface area contributed by atoms with Gasteiger partial charge in [-0.1, -0.05) is 12.1 Å². The Hall–Kier alpha value is -3.69. The van der Waals surface area contributed by atoms with Gasteiger partial charge in [0.05, 0.1) is 29.2 Å². The highest BCUT2D eigenvalue weighted by Gasteiger charge is 2.32. The molecule has 2 heterocycles. The molecule has 10 nitrogen and oxygen atoms in total. The Kier molecular flexibility index (Phi) is 7.15. The molecule has 1 unspecified atom stereocenters. The minimum absolute atomic E-state index is 0.0284. The van der Waals surface area contributed by atoms with Crippen molar-refractivity contribution in [1.29, 1.82) is 0 Å². The van der Waals surface area contributed by atoms with Crippen molar-refractivity contribution >= 4 is 29.1 Å². The van der Waals surface area contributed by atoms with E-state index in [2.05, 4.69) is 4.98 Å². The summed E-state index contributed by atoms with van der Waals surface area (Å²) in [6.07, 6.45) is -0.120. The minimum atomic E-state index is -1.03. The Morgan fingerprint density at radius 3 is 2.42 bits per heavy atom. The number of carbonyl (C=O) groups excluding carboxylic acids is 3. The molecule has 1 aliphatic rings. The number of methoxy groups -OCH3 is 1. The van der Waals surface area contributed by atoms with Crippen molar-refractivity contribution in [2.75, 3.05) is 25.1 Å². The number of Topliss-reactive ketones (excluding diaryl/α,β-unsaturated/α-hetero) is 1. The standard InChI is InChI=1S/C23H27N3O7/c1-13-19(23(29)32-4)14(2)24-20(13)21(27)15(3)33-22(28)16-9-11-25(12-10-16)17-7-5-6-8-18(17)26(30)31/h5-8,15-16,24H,9-12H2,1-4H3. The molecule has 1 saturated heterocycles. The maximum absolute atomic E-state index is 12.9. The van der Waals surface area contributed by atoms with Crippen molar-refractivity contribution in [3.05, 3.63) is 56.9 Å². The fourth-order valence-corrected chi connectivity index (χ4v) is 4.17. The molecule has 0 saturated carbocycles. The molecule has 1 aromatic heterocycles. The highest BCUT2D eigenvalue weighted by molar-refractivity contribution is 6.04. The number of hydrogen-bond acceptors (Lipinski definition) is 8. The highest BCUT2D eigenvalue weighted by Crippen LogP contribution is 2.31. The number of H-pyrrole nitrogens is 1. The minimum Gasteiger partial charge on any atom is -0.465 e. The van der Waals surface area contributed by atoms with Crippen LogP contribution >= 0.6 is 0 Å². The van der Waals surface area contributed by atoms with E-state index in [-0.39, 0.29) is 11.4 Å². The first-order valence-corrected chi connectivity index (χ1v) is 10.7. The summed E-state index contributed by atoms with van der Waals surface area (Å²) >= 11 is 0. The van der Waals surface area contributed by atoms with Gasteiger partial charge >= 0.3 is 11.9 Å². The summed E-state index contributed by atoms with van der Waals surface area (Å²) in [5.41, 5.74) is 2.01. The first-order valence-electron chi connectivity index (χ1n) is 10.7. The predicted octanol–water partition coefficient (Wildman–Crippen LogP) is 3.36. The Balaban J connectivity index is 1.62. The zero-order chi connectivity index (χ0) is 24.3. The van der Waals surface area contributed by atoms with Gasteiger partial charge in [-0.25, -0.2) is 4.79 Å². The molecule has 1 atom stereocenters. The molecule has 2 aromatic rings. The molecule has 33 heavy (non-hydrogen) atoms. The fourth-order valence-electron chi connectivity index (χ4n) is 4.17. The van der Waals surface area contributed by atoms with Crippen LogP contribution in [-0.2, 0) is 14.3 Å². The number of esters is 2. The molecular formula is C23H27N3O7. The van der Waals surface area contributed by atoms with Crippen LogP contribution < -0.4 is 4.90 Å². The average Bonchev–Trinajstić information content (AvgIpc) is 3.11. The Morgan fingerprint density at radius 1 is 1.18 bits per heavy atom. The zero-order valence-electron chi connectivity index (χ0n) is 19.0. The van der Waals surface area contributed by atoms with Crippen LogP contribution in [0.15, 0.2) is 24.3 Å². The van der Waals surface area contributed by atoms with Gasteiger partial charge in [0, 0.05) is 24.8 Å². The van der Waals surface area contributed by atoms with E-state index in [1.807, 2.05) is 4.90 Å². The molecule has 0 aliphatic carbocycles. The summed E-state index contributed by atoms with van der Waals surface area (Å²) in [6, 6.07) is 6.51. The van der Waals surface area contributed by atoms with E-state index >= 15 is 0 Å². The predicted molar refractivity (Wildman–Crippen MR) is 120 cm³/mol. The number of para-hydroxylation sites is 2. The van der Waals surface area contributed by atoms with Crippen molar-refractivity contribution in [2.45, 2.75) is 39.7 Å². The summed E-state index contributed by atoms with van der Waals surface area (Å²) in [6.45, 7) is 5.72. The summed E-state index contributed by atoms with van der Waals surface area (Å²) in [5.74, 6) is -1.87. The summed E-state index contributed by atoms with van der Waals surface area (Å²) in [4.78, 5) is 53.2. The molecule has 0 radical (unpaired) electrons. The van der Waals surface area contributed by atoms with Crippen LogP contribution in [0.5, 0.6) is 0 Å². The van der Waals surface area contributed by atoms with Crippen LogP contribution in [0.4, 0.5) is 11.4 Å². The number of ketones is 1. The van der Waals surface area contributed by atoms with Crippen LogP contribution in [0.3, 0.4) is 0 Å². The van der Waals surface area contributed by atoms with Gasteiger partial charge in [0.2, 0.25) is 5.78 Å². The van der Waals surface area contributed by atoms with Crippen molar-refractivity contribution in [2.24, 2.45) is 5.92 Å². The van der Waals surface area contributed by atoms with Gasteiger partial charge < -0.3 is 19.4 Å². The molecule has 0 bridgehead atoms. The van der Waals surface area contributed by atoms with Gasteiger partial charge in [0.15, 0.2) is 6.10 Å². The number of aromatic nitrogens is 1. The number of nitrogens with zero attached hydrogens (tertiary/aromatic N) is 2. The Bertz CT molecular complexity index is 1080. The van der Waals surface area contributed by atoms with Gasteiger partial charge in [0.25, 0.3) is 5.69 Å². The molecule has 0 spiro atoms. The van der Waals surface area contributed by atoms with Crippen molar-refractivity contribution in [3.63, 3.8) is 0 Å². The van der Waals surface area contributed by atoms with Crippen LogP contribution in [0.2, 0.25) is 0 Å². The first kappa shape index (κ1) is 24.0. The average molecular weight is 457 g/mol. The zero-order valence-corrected chi connectivity index (χ0v) is 19.0. The number of nitro benzene ring substituents is 1. The number of piperidine rings is 1. The largest absolute Gasteiger partial charge is 0.465 e. The van der Waals surface area contributed by atoms with E-state index in [1.165, 1.54) is 20.1 Å². The van der Waals surface area contributed by atoms with Crippen LogP contribution in [0.1, 0.15) is 51.9 Å². The van der Waals surface area contributed by atoms with Gasteiger partial charge in [-0.05, 0) is 45.2 Å². The first-order chi connectivity index (χ1) is 15.6. The van der Waals surface area contributed by atoms with Gasteiger partial charge in [-0.15, -0.1) is 0 Å². The SMILES string of the molecule is COC(=O)c1c(C)[nH]c(C(=O)C(C)OC(=O)C2CCN(c3ccccc3[N+](=O)[O-])CC2)c1C. The number of carbonyl (C=O) groups is 3. The quantitative estimate of drug-likeness (QED) is 0.290. The van der Waals surface area contributed by atoms with Crippen LogP contribution in [0, 0.1) is 29.9 Å². The molecule has 1 aliphatic heterocycles. The van der Waals surface area contributed by atoms with E-state index in [0.717, 1.165) is 0 Å². The highest BCUT2D eigenvalue weighted by atomic mass is 16.6. The fraction of sp³-hybridized carbons (Fsp3) is 0.435. The Labute approximate surface area is 191 Å². The van der Waals surface area contributed by atoms with Gasteiger partial charge in [0.1, 0.15) is 5.69 Å². The number of aromatic amines is 1. The number of nitrogens with one attached hydrogen (secondary N) is 1. The maximum atomic E-state index is 12.9. The second kappa shape index (κ2) is 9.85. The maximum Gasteiger partial charge on any atom is 0.339 e. The van der Waals surface area contributed by atoms with Crippen molar-refractivity contribution in [3.8, 4) is 0 Å². The lowest BCUT2D eigenvalue weighted by molar-refractivity contribution is -0.384. The van der Waals surface area contributed by atoms with E-state index < -0.39 is 34.7 Å².